The van der Waals surface area contributed by atoms with Crippen LogP contribution in [0.2, 0.25) is 0 Å². The van der Waals surface area contributed by atoms with E-state index in [2.05, 4.69) is 10.0 Å². The summed E-state index contributed by atoms with van der Waals surface area (Å²) in [6, 6.07) is 17.3. The third-order valence-electron chi connectivity index (χ3n) is 4.15. The molecule has 0 bridgehead atoms. The molecular formula is C21H22N2O3S2. The van der Waals surface area contributed by atoms with Gasteiger partial charge >= 0.3 is 0 Å². The Hall–Kier alpha value is -2.48. The molecule has 0 radical (unpaired) electrons. The Balaban J connectivity index is 1.85. The fraction of sp³-hybridized carbons (Fsp3) is 0.190. The summed E-state index contributed by atoms with van der Waals surface area (Å²) in [4.78, 5) is 13.0. The molecule has 0 saturated heterocycles. The minimum absolute atomic E-state index is 0.185. The number of hydrogen-bond donors (Lipinski definition) is 2. The minimum Gasteiger partial charge on any atom is -0.325 e. The third-order valence-corrected chi connectivity index (χ3v) is 7.01. The first-order chi connectivity index (χ1) is 13.3. The van der Waals surface area contributed by atoms with E-state index in [0.29, 0.717) is 5.69 Å². The molecule has 0 spiro atoms. The van der Waals surface area contributed by atoms with Crippen molar-refractivity contribution in [2.24, 2.45) is 0 Å². The first-order valence-corrected chi connectivity index (χ1v) is 11.2. The molecule has 28 heavy (non-hydrogen) atoms. The quantitative estimate of drug-likeness (QED) is 0.616. The Morgan fingerprint density at radius 1 is 1.00 bits per heavy atom. The molecule has 2 aromatic carbocycles. The SMILES string of the molecule is Cc1cc(C)cc(NC(=O)[C@H](Cc2ccccc2)NS(=O)(=O)c2cccs2)c1. The predicted octanol–water partition coefficient (Wildman–Crippen LogP) is 3.89. The average molecular weight is 415 g/mol. The van der Waals surface area contributed by atoms with Gasteiger partial charge in [0.05, 0.1) is 0 Å². The molecule has 1 heterocycles. The fourth-order valence-corrected chi connectivity index (χ4v) is 5.18. The summed E-state index contributed by atoms with van der Waals surface area (Å²) < 4.78 is 28.1. The van der Waals surface area contributed by atoms with Gasteiger partial charge in [-0.1, -0.05) is 42.5 Å². The monoisotopic (exact) mass is 414 g/mol. The standard InChI is InChI=1S/C21H22N2O3S2/c1-15-11-16(2)13-18(12-15)22-21(24)19(14-17-7-4-3-5-8-17)23-28(25,26)20-9-6-10-27-20/h3-13,19,23H,14H2,1-2H3,(H,22,24)/t19-/m0/s1. The number of rotatable bonds is 7. The van der Waals surface area contributed by atoms with Crippen molar-refractivity contribution in [1.29, 1.82) is 0 Å². The van der Waals surface area contributed by atoms with E-state index in [1.165, 1.54) is 6.07 Å². The lowest BCUT2D eigenvalue weighted by atomic mass is 10.1. The molecule has 2 N–H and O–H groups in total. The van der Waals surface area contributed by atoms with E-state index >= 15 is 0 Å². The van der Waals surface area contributed by atoms with Gasteiger partial charge in [0, 0.05) is 5.69 Å². The van der Waals surface area contributed by atoms with Crippen LogP contribution in [0.4, 0.5) is 5.69 Å². The van der Waals surface area contributed by atoms with Gasteiger partial charge in [0.25, 0.3) is 10.0 Å². The highest BCUT2D eigenvalue weighted by Gasteiger charge is 2.27. The molecule has 0 saturated carbocycles. The van der Waals surface area contributed by atoms with Crippen LogP contribution in [0, 0.1) is 13.8 Å². The molecule has 0 aliphatic rings. The van der Waals surface area contributed by atoms with Crippen LogP contribution in [0.1, 0.15) is 16.7 Å². The summed E-state index contributed by atoms with van der Waals surface area (Å²) >= 11 is 1.12. The molecule has 1 atom stereocenters. The van der Waals surface area contributed by atoms with Gasteiger partial charge in [-0.3, -0.25) is 4.79 Å². The van der Waals surface area contributed by atoms with E-state index in [-0.39, 0.29) is 10.6 Å². The number of carbonyl (C=O) groups is 1. The van der Waals surface area contributed by atoms with Crippen molar-refractivity contribution in [3.05, 3.63) is 82.7 Å². The maximum Gasteiger partial charge on any atom is 0.250 e. The number of carbonyl (C=O) groups excluding carboxylic acids is 1. The molecule has 7 heteroatoms. The van der Waals surface area contributed by atoms with Gasteiger partial charge in [-0.15, -0.1) is 11.3 Å². The molecule has 1 aromatic heterocycles. The largest absolute Gasteiger partial charge is 0.325 e. The number of sulfonamides is 1. The van der Waals surface area contributed by atoms with Gasteiger partial charge < -0.3 is 5.32 Å². The summed E-state index contributed by atoms with van der Waals surface area (Å²) in [7, 11) is -3.78. The second-order valence-electron chi connectivity index (χ2n) is 6.66. The molecule has 3 rings (SSSR count). The number of benzene rings is 2. The lowest BCUT2D eigenvalue weighted by Crippen LogP contribution is -2.45. The van der Waals surface area contributed by atoms with Crippen molar-refractivity contribution in [1.82, 2.24) is 4.72 Å². The molecule has 1 amide bonds. The Bertz CT molecular complexity index is 1030. The van der Waals surface area contributed by atoms with Gasteiger partial charge in [0.2, 0.25) is 5.91 Å². The zero-order valence-electron chi connectivity index (χ0n) is 15.7. The van der Waals surface area contributed by atoms with Gasteiger partial charge in [-0.25, -0.2) is 8.42 Å². The van der Waals surface area contributed by atoms with Crippen LogP contribution in [0.25, 0.3) is 0 Å². The smallest absolute Gasteiger partial charge is 0.250 e. The fourth-order valence-electron chi connectivity index (χ4n) is 2.98. The van der Waals surface area contributed by atoms with Gasteiger partial charge in [-0.2, -0.15) is 4.72 Å². The Morgan fingerprint density at radius 3 is 2.29 bits per heavy atom. The van der Waals surface area contributed by atoms with Crippen molar-refractivity contribution in [3.8, 4) is 0 Å². The number of aryl methyl sites for hydroxylation is 2. The molecule has 5 nitrogen and oxygen atoms in total. The van der Waals surface area contributed by atoms with Crippen molar-refractivity contribution < 1.29 is 13.2 Å². The maximum absolute atomic E-state index is 13.0. The van der Waals surface area contributed by atoms with Crippen molar-refractivity contribution in [2.75, 3.05) is 5.32 Å². The first-order valence-electron chi connectivity index (χ1n) is 8.82. The summed E-state index contributed by atoms with van der Waals surface area (Å²) in [5.74, 6) is -0.394. The molecule has 0 fully saturated rings. The lowest BCUT2D eigenvalue weighted by molar-refractivity contribution is -0.117. The highest BCUT2D eigenvalue weighted by atomic mass is 32.2. The van der Waals surface area contributed by atoms with Gasteiger partial charge in [-0.05, 0) is 60.5 Å². The molecule has 146 valence electrons. The van der Waals surface area contributed by atoms with E-state index < -0.39 is 22.0 Å². The minimum atomic E-state index is -3.78. The molecular weight excluding hydrogens is 392 g/mol. The number of amides is 1. The van der Waals surface area contributed by atoms with E-state index in [9.17, 15) is 13.2 Å². The molecule has 3 aromatic rings. The topological polar surface area (TPSA) is 75.3 Å². The van der Waals surface area contributed by atoms with Crippen LogP contribution in [-0.2, 0) is 21.2 Å². The zero-order valence-corrected chi connectivity index (χ0v) is 17.3. The normalized spacial score (nSPS) is 12.5. The summed E-state index contributed by atoms with van der Waals surface area (Å²) in [6.45, 7) is 3.90. The second kappa shape index (κ2) is 8.68. The zero-order chi connectivity index (χ0) is 20.1. The number of anilines is 1. The van der Waals surface area contributed by atoms with Crippen LogP contribution >= 0.6 is 11.3 Å². The van der Waals surface area contributed by atoms with Crippen LogP contribution < -0.4 is 10.0 Å². The number of thiophene rings is 1. The highest BCUT2D eigenvalue weighted by Crippen LogP contribution is 2.18. The van der Waals surface area contributed by atoms with Crippen LogP contribution in [0.3, 0.4) is 0 Å². The van der Waals surface area contributed by atoms with Crippen LogP contribution in [-0.4, -0.2) is 20.4 Å². The van der Waals surface area contributed by atoms with E-state index in [1.807, 2.05) is 62.4 Å². The first kappa shape index (κ1) is 20.3. The second-order valence-corrected chi connectivity index (χ2v) is 9.55. The van der Waals surface area contributed by atoms with Crippen LogP contribution in [0.15, 0.2) is 70.3 Å². The summed E-state index contributed by atoms with van der Waals surface area (Å²) in [6.07, 6.45) is 0.252. The third kappa shape index (κ3) is 5.28. The van der Waals surface area contributed by atoms with Crippen molar-refractivity contribution in [2.45, 2.75) is 30.5 Å². The number of nitrogens with one attached hydrogen (secondary N) is 2. The lowest BCUT2D eigenvalue weighted by Gasteiger charge is -2.19. The van der Waals surface area contributed by atoms with Crippen LogP contribution in [0.5, 0.6) is 0 Å². The Kier molecular flexibility index (Phi) is 6.28. The Labute approximate surface area is 169 Å². The van der Waals surface area contributed by atoms with Crippen molar-refractivity contribution >= 4 is 33.0 Å². The maximum atomic E-state index is 13.0. The summed E-state index contributed by atoms with van der Waals surface area (Å²) in [5.41, 5.74) is 3.57. The van der Waals surface area contributed by atoms with Gasteiger partial charge in [0.15, 0.2) is 0 Å². The average Bonchev–Trinajstić information content (AvgIpc) is 3.16. The molecule has 0 aliphatic carbocycles. The summed E-state index contributed by atoms with van der Waals surface area (Å²) in [5, 5.41) is 4.54. The van der Waals surface area contributed by atoms with E-state index in [0.717, 1.165) is 28.0 Å². The predicted molar refractivity (Wildman–Crippen MR) is 113 cm³/mol. The van der Waals surface area contributed by atoms with E-state index in [1.54, 1.807) is 11.4 Å². The van der Waals surface area contributed by atoms with E-state index in [4.69, 9.17) is 0 Å². The van der Waals surface area contributed by atoms with Gasteiger partial charge in [0.1, 0.15) is 10.3 Å². The molecule has 0 unspecified atom stereocenters. The van der Waals surface area contributed by atoms with Crippen molar-refractivity contribution in [3.63, 3.8) is 0 Å². The highest BCUT2D eigenvalue weighted by molar-refractivity contribution is 7.91. The number of hydrogen-bond acceptors (Lipinski definition) is 4. The Morgan fingerprint density at radius 2 is 1.68 bits per heavy atom. The molecule has 0 aliphatic heterocycles.